The highest BCUT2D eigenvalue weighted by Crippen LogP contribution is 2.48. The van der Waals surface area contributed by atoms with E-state index >= 15 is 0 Å². The maximum atomic E-state index is 13.1. The number of halogens is 1. The number of aryl methyl sites for hydroxylation is 1. The summed E-state index contributed by atoms with van der Waals surface area (Å²) in [6, 6.07) is 6.60. The number of carbonyl (C=O) groups is 1. The Hall–Kier alpha value is -2.17. The van der Waals surface area contributed by atoms with Gasteiger partial charge in [0.25, 0.3) is 0 Å². The molecule has 2 aliphatic rings. The highest BCUT2D eigenvalue weighted by atomic mass is 19.1. The zero-order valence-electron chi connectivity index (χ0n) is 14.6. The lowest BCUT2D eigenvalue weighted by Gasteiger charge is -2.33. The van der Waals surface area contributed by atoms with E-state index in [0.717, 1.165) is 50.2 Å². The molecule has 2 fully saturated rings. The second-order valence-corrected chi connectivity index (χ2v) is 7.45. The molecule has 4 nitrogen and oxygen atoms in total. The summed E-state index contributed by atoms with van der Waals surface area (Å²) in [5.41, 5.74) is 1.08. The molecule has 25 heavy (non-hydrogen) atoms. The number of rotatable bonds is 4. The van der Waals surface area contributed by atoms with Crippen molar-refractivity contribution in [3.05, 3.63) is 53.9 Å². The molecule has 5 heteroatoms. The van der Waals surface area contributed by atoms with Gasteiger partial charge in [0.2, 0.25) is 5.91 Å². The predicted molar refractivity (Wildman–Crippen MR) is 93.5 cm³/mol. The van der Waals surface area contributed by atoms with E-state index in [1.54, 1.807) is 0 Å². The highest BCUT2D eigenvalue weighted by molar-refractivity contribution is 5.83. The lowest BCUT2D eigenvalue weighted by molar-refractivity contribution is -0.134. The molecule has 132 valence electrons. The van der Waals surface area contributed by atoms with Crippen LogP contribution in [0.25, 0.3) is 0 Å². The van der Waals surface area contributed by atoms with Gasteiger partial charge in [-0.1, -0.05) is 12.1 Å². The lowest BCUT2D eigenvalue weighted by Crippen LogP contribution is -2.41. The molecular weight excluding hydrogens is 317 g/mol. The Balaban J connectivity index is 1.36. The zero-order valence-corrected chi connectivity index (χ0v) is 14.6. The van der Waals surface area contributed by atoms with Crippen molar-refractivity contribution in [2.24, 2.45) is 18.9 Å². The normalized spacial score (nSPS) is 25.8. The van der Waals surface area contributed by atoms with E-state index in [-0.39, 0.29) is 23.6 Å². The molecule has 1 saturated carbocycles. The van der Waals surface area contributed by atoms with Gasteiger partial charge in [-0.3, -0.25) is 4.79 Å². The molecule has 1 aliphatic carbocycles. The van der Waals surface area contributed by atoms with Crippen molar-refractivity contribution in [1.29, 1.82) is 0 Å². The van der Waals surface area contributed by atoms with Gasteiger partial charge in [-0.2, -0.15) is 0 Å². The Morgan fingerprint density at radius 2 is 2.12 bits per heavy atom. The average molecular weight is 341 g/mol. The number of imidazole rings is 1. The Morgan fingerprint density at radius 3 is 2.84 bits per heavy atom. The lowest BCUT2D eigenvalue weighted by atomic mass is 9.94. The SMILES string of the molecule is Cn1ccnc1C[C@@H]1CCCN(C(=O)[C@H]2C[C@H]2c2ccc(F)cc2)C1. The van der Waals surface area contributed by atoms with Crippen molar-refractivity contribution in [2.45, 2.75) is 31.6 Å². The van der Waals surface area contributed by atoms with Crippen LogP contribution in [0.5, 0.6) is 0 Å². The average Bonchev–Trinajstić information content (AvgIpc) is 3.32. The maximum Gasteiger partial charge on any atom is 0.226 e. The summed E-state index contributed by atoms with van der Waals surface area (Å²) < 4.78 is 15.1. The third kappa shape index (κ3) is 3.46. The van der Waals surface area contributed by atoms with Crippen LogP contribution in [-0.4, -0.2) is 33.4 Å². The van der Waals surface area contributed by atoms with E-state index in [1.807, 2.05) is 36.5 Å². The molecule has 1 aliphatic heterocycles. The summed E-state index contributed by atoms with van der Waals surface area (Å²) in [5.74, 6) is 1.98. The number of aromatic nitrogens is 2. The Kier molecular flexibility index (Phi) is 4.32. The Labute approximate surface area is 147 Å². The Bertz CT molecular complexity index is 755. The molecule has 0 radical (unpaired) electrons. The van der Waals surface area contributed by atoms with Gasteiger partial charge in [-0.25, -0.2) is 9.37 Å². The van der Waals surface area contributed by atoms with Crippen molar-refractivity contribution in [1.82, 2.24) is 14.5 Å². The van der Waals surface area contributed by atoms with Crippen LogP contribution < -0.4 is 0 Å². The molecule has 0 N–H and O–H groups in total. The van der Waals surface area contributed by atoms with Gasteiger partial charge in [0.15, 0.2) is 0 Å². The number of hydrogen-bond donors (Lipinski definition) is 0. The largest absolute Gasteiger partial charge is 0.342 e. The minimum absolute atomic E-state index is 0.0809. The topological polar surface area (TPSA) is 38.1 Å². The monoisotopic (exact) mass is 341 g/mol. The van der Waals surface area contributed by atoms with E-state index < -0.39 is 0 Å². The minimum Gasteiger partial charge on any atom is -0.342 e. The molecule has 4 rings (SSSR count). The van der Waals surface area contributed by atoms with Gasteiger partial charge < -0.3 is 9.47 Å². The van der Waals surface area contributed by atoms with Gasteiger partial charge in [0.1, 0.15) is 11.6 Å². The first-order valence-electron chi connectivity index (χ1n) is 9.12. The van der Waals surface area contributed by atoms with Crippen LogP contribution in [0.15, 0.2) is 36.7 Å². The van der Waals surface area contributed by atoms with Crippen LogP contribution in [0, 0.1) is 17.7 Å². The molecule has 1 saturated heterocycles. The summed E-state index contributed by atoms with van der Waals surface area (Å²) in [7, 11) is 2.02. The van der Waals surface area contributed by atoms with Crippen molar-refractivity contribution < 1.29 is 9.18 Å². The molecular formula is C20H24FN3O. The smallest absolute Gasteiger partial charge is 0.226 e. The number of hydrogen-bond acceptors (Lipinski definition) is 2. The van der Waals surface area contributed by atoms with Crippen LogP contribution in [-0.2, 0) is 18.3 Å². The second kappa shape index (κ2) is 6.62. The van der Waals surface area contributed by atoms with Gasteiger partial charge in [0.05, 0.1) is 0 Å². The summed E-state index contributed by atoms with van der Waals surface area (Å²) >= 11 is 0. The third-order valence-electron chi connectivity index (χ3n) is 5.63. The summed E-state index contributed by atoms with van der Waals surface area (Å²) in [4.78, 5) is 19.3. The number of carbonyl (C=O) groups excluding carboxylic acids is 1. The summed E-state index contributed by atoms with van der Waals surface area (Å²) in [5, 5.41) is 0. The molecule has 1 amide bonds. The highest BCUT2D eigenvalue weighted by Gasteiger charge is 2.46. The summed E-state index contributed by atoms with van der Waals surface area (Å²) in [6.07, 6.45) is 7.85. The molecule has 1 aromatic heterocycles. The number of piperidine rings is 1. The fourth-order valence-electron chi connectivity index (χ4n) is 4.06. The third-order valence-corrected chi connectivity index (χ3v) is 5.63. The number of benzene rings is 1. The standard InChI is InChI=1S/C20H24FN3O/c1-23-10-8-22-19(23)11-14-3-2-9-24(13-14)20(25)18-12-17(18)15-4-6-16(21)7-5-15/h4-8,10,14,17-18H,2-3,9,11-13H2,1H3/t14-,17-,18-/m0/s1. The van der Waals surface area contributed by atoms with Crippen LogP contribution in [0.2, 0.25) is 0 Å². The van der Waals surface area contributed by atoms with Crippen LogP contribution >= 0.6 is 0 Å². The van der Waals surface area contributed by atoms with E-state index in [4.69, 9.17) is 0 Å². The quantitative estimate of drug-likeness (QED) is 0.857. The molecule has 1 aromatic carbocycles. The predicted octanol–water partition coefficient (Wildman–Crippen LogP) is 3.14. The molecule has 0 bridgehead atoms. The molecule has 0 spiro atoms. The van der Waals surface area contributed by atoms with Gasteiger partial charge >= 0.3 is 0 Å². The second-order valence-electron chi connectivity index (χ2n) is 7.45. The number of amides is 1. The van der Waals surface area contributed by atoms with Crippen molar-refractivity contribution in [3.63, 3.8) is 0 Å². The van der Waals surface area contributed by atoms with Crippen LogP contribution in [0.4, 0.5) is 4.39 Å². The van der Waals surface area contributed by atoms with Crippen LogP contribution in [0.1, 0.15) is 36.6 Å². The fourth-order valence-corrected chi connectivity index (χ4v) is 4.06. The van der Waals surface area contributed by atoms with Crippen molar-refractivity contribution in [2.75, 3.05) is 13.1 Å². The first-order chi connectivity index (χ1) is 12.1. The number of likely N-dealkylation sites (tertiary alicyclic amines) is 1. The first-order valence-corrected chi connectivity index (χ1v) is 9.12. The summed E-state index contributed by atoms with van der Waals surface area (Å²) in [6.45, 7) is 1.70. The van der Waals surface area contributed by atoms with E-state index in [2.05, 4.69) is 9.55 Å². The first kappa shape index (κ1) is 16.3. The van der Waals surface area contributed by atoms with Crippen molar-refractivity contribution in [3.8, 4) is 0 Å². The fraction of sp³-hybridized carbons (Fsp3) is 0.500. The van der Waals surface area contributed by atoms with Crippen LogP contribution in [0.3, 0.4) is 0 Å². The molecule has 0 unspecified atom stereocenters. The van der Waals surface area contributed by atoms with Gasteiger partial charge in [-0.15, -0.1) is 0 Å². The minimum atomic E-state index is -0.222. The van der Waals surface area contributed by atoms with E-state index in [0.29, 0.717) is 5.92 Å². The molecule has 3 atom stereocenters. The molecule has 2 aromatic rings. The van der Waals surface area contributed by atoms with E-state index in [1.165, 1.54) is 12.1 Å². The maximum absolute atomic E-state index is 13.1. The zero-order chi connectivity index (χ0) is 17.4. The van der Waals surface area contributed by atoms with Gasteiger partial charge in [0, 0.05) is 44.9 Å². The molecule has 2 heterocycles. The number of nitrogens with zero attached hydrogens (tertiary/aromatic N) is 3. The van der Waals surface area contributed by atoms with E-state index in [9.17, 15) is 9.18 Å². The Morgan fingerprint density at radius 1 is 1.32 bits per heavy atom. The van der Waals surface area contributed by atoms with Gasteiger partial charge in [-0.05, 0) is 48.8 Å². The van der Waals surface area contributed by atoms with Crippen molar-refractivity contribution >= 4 is 5.91 Å².